The van der Waals surface area contributed by atoms with Gasteiger partial charge in [-0.1, -0.05) is 6.07 Å². The molecule has 1 aromatic carbocycles. The van der Waals surface area contributed by atoms with E-state index in [9.17, 15) is 9.59 Å². The molecule has 104 valence electrons. The van der Waals surface area contributed by atoms with Crippen molar-refractivity contribution >= 4 is 17.6 Å². The van der Waals surface area contributed by atoms with Crippen molar-refractivity contribution in [2.24, 2.45) is 0 Å². The van der Waals surface area contributed by atoms with Gasteiger partial charge in [0.2, 0.25) is 5.91 Å². The number of hydrogen-bond donors (Lipinski definition) is 2. The van der Waals surface area contributed by atoms with Gasteiger partial charge in [-0.25, -0.2) is 4.79 Å². The molecule has 0 fully saturated rings. The molecule has 19 heavy (non-hydrogen) atoms. The number of carbonyl (C=O) groups excluding carboxylic acids is 2. The Morgan fingerprint density at radius 3 is 2.58 bits per heavy atom. The van der Waals surface area contributed by atoms with Crippen LogP contribution in [0, 0.1) is 0 Å². The fourth-order valence-electron chi connectivity index (χ4n) is 1.34. The molecule has 0 atom stereocenters. The minimum absolute atomic E-state index is 0.170. The van der Waals surface area contributed by atoms with Crippen LogP contribution >= 0.6 is 0 Å². The van der Waals surface area contributed by atoms with Gasteiger partial charge in [0.15, 0.2) is 0 Å². The van der Waals surface area contributed by atoms with Crippen molar-refractivity contribution in [2.75, 3.05) is 19.0 Å². The Kier molecular flexibility index (Phi) is 5.06. The highest BCUT2D eigenvalue weighted by Crippen LogP contribution is 2.14. The number of carbonyl (C=O) groups is 2. The molecule has 5 heteroatoms. The second-order valence-corrected chi connectivity index (χ2v) is 4.63. The summed E-state index contributed by atoms with van der Waals surface area (Å²) in [7, 11) is 1.72. The molecule has 0 saturated heterocycles. The van der Waals surface area contributed by atoms with Crippen LogP contribution in [0.25, 0.3) is 0 Å². The van der Waals surface area contributed by atoms with E-state index in [4.69, 9.17) is 4.74 Å². The summed E-state index contributed by atoms with van der Waals surface area (Å²) in [5.74, 6) is -0.567. The summed E-state index contributed by atoms with van der Waals surface area (Å²) in [4.78, 5) is 23.6. The predicted molar refractivity (Wildman–Crippen MR) is 74.2 cm³/mol. The van der Waals surface area contributed by atoms with Gasteiger partial charge in [0, 0.05) is 5.69 Å². The van der Waals surface area contributed by atoms with Crippen LogP contribution in [0.3, 0.4) is 0 Å². The van der Waals surface area contributed by atoms with Gasteiger partial charge >= 0.3 is 5.97 Å². The van der Waals surface area contributed by atoms with E-state index in [1.807, 2.05) is 0 Å². The van der Waals surface area contributed by atoms with Crippen molar-refractivity contribution in [1.82, 2.24) is 5.32 Å². The molecular weight excluding hydrogens is 244 g/mol. The van der Waals surface area contributed by atoms with E-state index in [1.165, 1.54) is 0 Å². The molecule has 0 aliphatic heterocycles. The largest absolute Gasteiger partial charge is 0.462 e. The summed E-state index contributed by atoms with van der Waals surface area (Å²) >= 11 is 0. The molecule has 0 saturated carbocycles. The van der Waals surface area contributed by atoms with Crippen molar-refractivity contribution in [3.63, 3.8) is 0 Å². The summed E-state index contributed by atoms with van der Waals surface area (Å²) in [5.41, 5.74) is 0.306. The zero-order valence-corrected chi connectivity index (χ0v) is 11.7. The molecule has 0 aromatic heterocycles. The number of hydrogen-bond acceptors (Lipinski definition) is 4. The standard InChI is InChI=1S/C14H20N2O3/c1-5-19-12(17)10-7-6-8-11(9-10)16-13(18)14(2,3)15-4/h6-9,15H,5H2,1-4H3,(H,16,18). The Hall–Kier alpha value is -1.88. The predicted octanol–water partition coefficient (Wildman–Crippen LogP) is 1.80. The summed E-state index contributed by atoms with van der Waals surface area (Å²) in [6, 6.07) is 6.68. The average molecular weight is 264 g/mol. The van der Waals surface area contributed by atoms with E-state index in [2.05, 4.69) is 10.6 Å². The first kappa shape index (κ1) is 15.2. The van der Waals surface area contributed by atoms with Crippen LogP contribution in [-0.4, -0.2) is 31.1 Å². The lowest BCUT2D eigenvalue weighted by molar-refractivity contribution is -0.121. The molecule has 2 N–H and O–H groups in total. The summed E-state index contributed by atoms with van der Waals surface area (Å²) in [6.07, 6.45) is 0. The fourth-order valence-corrected chi connectivity index (χ4v) is 1.34. The lowest BCUT2D eigenvalue weighted by atomic mass is 10.0. The Balaban J connectivity index is 2.83. The van der Waals surface area contributed by atoms with Crippen molar-refractivity contribution in [2.45, 2.75) is 26.3 Å². The Labute approximate surface area is 113 Å². The molecule has 1 aromatic rings. The Morgan fingerprint density at radius 2 is 2.00 bits per heavy atom. The number of nitrogens with one attached hydrogen (secondary N) is 2. The van der Waals surface area contributed by atoms with Gasteiger partial charge in [-0.15, -0.1) is 0 Å². The minimum Gasteiger partial charge on any atom is -0.462 e. The van der Waals surface area contributed by atoms with Crippen LogP contribution in [0.15, 0.2) is 24.3 Å². The quantitative estimate of drug-likeness (QED) is 0.796. The molecule has 0 aliphatic rings. The van der Waals surface area contributed by atoms with Crippen LogP contribution in [-0.2, 0) is 9.53 Å². The fraction of sp³-hybridized carbons (Fsp3) is 0.429. The third-order valence-electron chi connectivity index (χ3n) is 2.82. The lowest BCUT2D eigenvalue weighted by Crippen LogP contribution is -2.47. The van der Waals surface area contributed by atoms with E-state index in [0.717, 1.165) is 0 Å². The number of amides is 1. The van der Waals surface area contributed by atoms with E-state index in [0.29, 0.717) is 17.9 Å². The lowest BCUT2D eigenvalue weighted by Gasteiger charge is -2.22. The van der Waals surface area contributed by atoms with Crippen molar-refractivity contribution < 1.29 is 14.3 Å². The zero-order valence-electron chi connectivity index (χ0n) is 11.7. The normalized spacial score (nSPS) is 10.9. The van der Waals surface area contributed by atoms with E-state index >= 15 is 0 Å². The third kappa shape index (κ3) is 4.06. The Bertz CT molecular complexity index is 470. The third-order valence-corrected chi connectivity index (χ3v) is 2.82. The molecule has 0 bridgehead atoms. The first-order valence-electron chi connectivity index (χ1n) is 6.18. The molecule has 1 amide bonds. The van der Waals surface area contributed by atoms with Crippen LogP contribution < -0.4 is 10.6 Å². The number of anilines is 1. The molecule has 0 spiro atoms. The summed E-state index contributed by atoms with van der Waals surface area (Å²) < 4.78 is 4.91. The van der Waals surface area contributed by atoms with Gasteiger partial charge < -0.3 is 15.4 Å². The first-order chi connectivity index (χ1) is 8.90. The highest BCUT2D eigenvalue weighted by Gasteiger charge is 2.25. The molecule has 5 nitrogen and oxygen atoms in total. The number of esters is 1. The number of rotatable bonds is 5. The first-order valence-corrected chi connectivity index (χ1v) is 6.18. The van der Waals surface area contributed by atoms with Crippen LogP contribution in [0.4, 0.5) is 5.69 Å². The summed E-state index contributed by atoms with van der Waals surface area (Å²) in [5, 5.41) is 5.68. The maximum absolute atomic E-state index is 12.0. The molecule has 0 unspecified atom stereocenters. The van der Waals surface area contributed by atoms with Gasteiger partial charge in [-0.05, 0) is 46.0 Å². The topological polar surface area (TPSA) is 67.4 Å². The van der Waals surface area contributed by atoms with E-state index < -0.39 is 11.5 Å². The van der Waals surface area contributed by atoms with Crippen molar-refractivity contribution in [3.8, 4) is 0 Å². The number of benzene rings is 1. The second-order valence-electron chi connectivity index (χ2n) is 4.63. The molecule has 0 heterocycles. The highest BCUT2D eigenvalue weighted by molar-refractivity contribution is 5.98. The average Bonchev–Trinajstić information content (AvgIpc) is 2.39. The van der Waals surface area contributed by atoms with Crippen LogP contribution in [0.5, 0.6) is 0 Å². The van der Waals surface area contributed by atoms with Gasteiger partial charge in [-0.3, -0.25) is 4.79 Å². The maximum atomic E-state index is 12.0. The van der Waals surface area contributed by atoms with E-state index in [-0.39, 0.29) is 5.91 Å². The molecule has 1 rings (SSSR count). The monoisotopic (exact) mass is 264 g/mol. The van der Waals surface area contributed by atoms with Crippen LogP contribution in [0.2, 0.25) is 0 Å². The number of ether oxygens (including phenoxy) is 1. The van der Waals surface area contributed by atoms with Crippen molar-refractivity contribution in [1.29, 1.82) is 0 Å². The van der Waals surface area contributed by atoms with Gasteiger partial charge in [0.1, 0.15) is 0 Å². The molecular formula is C14H20N2O3. The van der Waals surface area contributed by atoms with Crippen molar-refractivity contribution in [3.05, 3.63) is 29.8 Å². The minimum atomic E-state index is -0.681. The number of likely N-dealkylation sites (N-methyl/N-ethyl adjacent to an activating group) is 1. The maximum Gasteiger partial charge on any atom is 0.338 e. The molecule has 0 aliphatic carbocycles. The smallest absolute Gasteiger partial charge is 0.338 e. The molecule has 0 radical (unpaired) electrons. The van der Waals surface area contributed by atoms with Gasteiger partial charge in [0.05, 0.1) is 17.7 Å². The Morgan fingerprint density at radius 1 is 1.32 bits per heavy atom. The van der Waals surface area contributed by atoms with Gasteiger partial charge in [-0.2, -0.15) is 0 Å². The van der Waals surface area contributed by atoms with Crippen LogP contribution in [0.1, 0.15) is 31.1 Å². The van der Waals surface area contributed by atoms with Gasteiger partial charge in [0.25, 0.3) is 0 Å². The van der Waals surface area contributed by atoms with E-state index in [1.54, 1.807) is 52.1 Å². The second kappa shape index (κ2) is 6.33. The SMILES string of the molecule is CCOC(=O)c1cccc(NC(=O)C(C)(C)NC)c1. The summed E-state index contributed by atoms with van der Waals surface area (Å²) in [6.45, 7) is 5.62. The highest BCUT2D eigenvalue weighted by atomic mass is 16.5. The zero-order chi connectivity index (χ0) is 14.5.